The summed E-state index contributed by atoms with van der Waals surface area (Å²) in [6, 6.07) is 4.20. The summed E-state index contributed by atoms with van der Waals surface area (Å²) >= 11 is 1.76. The maximum Gasteiger partial charge on any atom is 0.242 e. The Morgan fingerprint density at radius 1 is 1.41 bits per heavy atom. The van der Waals surface area contributed by atoms with Gasteiger partial charge in [-0.3, -0.25) is 4.79 Å². The lowest BCUT2D eigenvalue weighted by molar-refractivity contribution is -0.121. The van der Waals surface area contributed by atoms with Crippen LogP contribution in [0.1, 0.15) is 32.6 Å². The third-order valence-electron chi connectivity index (χ3n) is 2.86. The van der Waals surface area contributed by atoms with Crippen LogP contribution in [-0.2, 0) is 11.2 Å². The van der Waals surface area contributed by atoms with Crippen molar-refractivity contribution < 1.29 is 4.79 Å². The van der Waals surface area contributed by atoms with Gasteiger partial charge < -0.3 is 15.5 Å². The molecule has 22 heavy (non-hydrogen) atoms. The molecule has 0 aliphatic heterocycles. The summed E-state index contributed by atoms with van der Waals surface area (Å²) in [5, 5.41) is 8.24. The average Bonchev–Trinajstić information content (AvgIpc) is 2.92. The molecule has 0 saturated heterocycles. The third kappa shape index (κ3) is 7.45. The van der Waals surface area contributed by atoms with E-state index in [4.69, 9.17) is 0 Å². The van der Waals surface area contributed by atoms with Gasteiger partial charge in [-0.15, -0.1) is 11.3 Å². The molecule has 1 amide bonds. The lowest BCUT2D eigenvalue weighted by Crippen LogP contribution is -2.43. The highest BCUT2D eigenvalue weighted by Crippen LogP contribution is 2.09. The standard InChI is InChI=1S/C16H28N4OS/c1-6-17-15(18-12-14(21)19-16(2,3)4)20(5)10-9-13-8-7-11-22-13/h7-8,11H,6,9-10,12H2,1-5H3,(H,17,18)(H,19,21). The zero-order valence-corrected chi connectivity index (χ0v) is 15.1. The molecule has 1 heterocycles. The van der Waals surface area contributed by atoms with Gasteiger partial charge in [0, 0.05) is 30.6 Å². The van der Waals surface area contributed by atoms with Crippen LogP contribution in [0, 0.1) is 0 Å². The van der Waals surface area contributed by atoms with Gasteiger partial charge in [-0.1, -0.05) is 6.07 Å². The van der Waals surface area contributed by atoms with Crippen molar-refractivity contribution in [2.24, 2.45) is 4.99 Å². The number of carbonyl (C=O) groups excluding carboxylic acids is 1. The zero-order chi connectivity index (χ0) is 16.6. The van der Waals surface area contributed by atoms with Crippen molar-refractivity contribution in [1.29, 1.82) is 0 Å². The summed E-state index contributed by atoms with van der Waals surface area (Å²) in [7, 11) is 2.00. The molecule has 0 bridgehead atoms. The smallest absolute Gasteiger partial charge is 0.242 e. The maximum atomic E-state index is 11.9. The van der Waals surface area contributed by atoms with Crippen molar-refractivity contribution in [3.63, 3.8) is 0 Å². The Labute approximate surface area is 137 Å². The number of hydrogen-bond acceptors (Lipinski definition) is 3. The van der Waals surface area contributed by atoms with Crippen LogP contribution in [0.3, 0.4) is 0 Å². The van der Waals surface area contributed by atoms with Crippen LogP contribution in [0.25, 0.3) is 0 Å². The van der Waals surface area contributed by atoms with Crippen LogP contribution in [-0.4, -0.2) is 49.0 Å². The Hall–Kier alpha value is -1.56. The minimum Gasteiger partial charge on any atom is -0.357 e. The quantitative estimate of drug-likeness (QED) is 0.622. The second-order valence-corrected chi connectivity index (χ2v) is 7.25. The molecule has 124 valence electrons. The number of hydrogen-bond donors (Lipinski definition) is 2. The summed E-state index contributed by atoms with van der Waals surface area (Å²) in [6.07, 6.45) is 0.979. The molecule has 0 radical (unpaired) electrons. The molecule has 2 N–H and O–H groups in total. The highest BCUT2D eigenvalue weighted by atomic mass is 32.1. The Morgan fingerprint density at radius 3 is 2.68 bits per heavy atom. The van der Waals surface area contributed by atoms with Crippen LogP contribution in [0.2, 0.25) is 0 Å². The largest absolute Gasteiger partial charge is 0.357 e. The SMILES string of the molecule is CCNC(=NCC(=O)NC(C)(C)C)N(C)CCc1cccs1. The van der Waals surface area contributed by atoms with Gasteiger partial charge >= 0.3 is 0 Å². The van der Waals surface area contributed by atoms with Gasteiger partial charge in [-0.25, -0.2) is 4.99 Å². The lowest BCUT2D eigenvalue weighted by Gasteiger charge is -2.23. The van der Waals surface area contributed by atoms with Crippen molar-refractivity contribution in [3.05, 3.63) is 22.4 Å². The topological polar surface area (TPSA) is 56.7 Å². The van der Waals surface area contributed by atoms with E-state index in [2.05, 4.69) is 38.0 Å². The van der Waals surface area contributed by atoms with Gasteiger partial charge in [0.25, 0.3) is 0 Å². The Morgan fingerprint density at radius 2 is 2.14 bits per heavy atom. The van der Waals surface area contributed by atoms with E-state index in [1.54, 1.807) is 11.3 Å². The van der Waals surface area contributed by atoms with E-state index in [0.29, 0.717) is 0 Å². The number of nitrogens with zero attached hydrogens (tertiary/aromatic N) is 2. The van der Waals surface area contributed by atoms with E-state index >= 15 is 0 Å². The molecule has 1 aromatic rings. The van der Waals surface area contributed by atoms with E-state index in [1.807, 2.05) is 34.7 Å². The number of guanidine groups is 1. The van der Waals surface area contributed by atoms with E-state index in [1.165, 1.54) is 4.88 Å². The van der Waals surface area contributed by atoms with Crippen LogP contribution >= 0.6 is 11.3 Å². The van der Waals surface area contributed by atoms with E-state index < -0.39 is 0 Å². The van der Waals surface area contributed by atoms with E-state index in [9.17, 15) is 4.79 Å². The van der Waals surface area contributed by atoms with Gasteiger partial charge in [0.05, 0.1) is 0 Å². The molecule has 0 aliphatic rings. The van der Waals surface area contributed by atoms with Crippen molar-refractivity contribution in [2.75, 3.05) is 26.7 Å². The Kier molecular flexibility index (Phi) is 7.38. The highest BCUT2D eigenvalue weighted by Gasteiger charge is 2.14. The molecular formula is C16H28N4OS. The van der Waals surface area contributed by atoms with Gasteiger partial charge in [0.2, 0.25) is 5.91 Å². The fraction of sp³-hybridized carbons (Fsp3) is 0.625. The molecule has 0 spiro atoms. The summed E-state index contributed by atoms with van der Waals surface area (Å²) in [5.74, 6) is 0.706. The first-order chi connectivity index (χ1) is 10.3. The third-order valence-corrected chi connectivity index (χ3v) is 3.79. The van der Waals surface area contributed by atoms with E-state index in [0.717, 1.165) is 25.5 Å². The summed E-state index contributed by atoms with van der Waals surface area (Å²) in [4.78, 5) is 19.7. The number of rotatable bonds is 6. The fourth-order valence-electron chi connectivity index (χ4n) is 1.91. The van der Waals surface area contributed by atoms with Crippen LogP contribution < -0.4 is 10.6 Å². The fourth-order valence-corrected chi connectivity index (χ4v) is 2.61. The highest BCUT2D eigenvalue weighted by molar-refractivity contribution is 7.09. The van der Waals surface area contributed by atoms with Crippen LogP contribution in [0.5, 0.6) is 0 Å². The summed E-state index contributed by atoms with van der Waals surface area (Å²) in [5.41, 5.74) is -0.226. The second-order valence-electron chi connectivity index (χ2n) is 6.22. The minimum atomic E-state index is -0.226. The van der Waals surface area contributed by atoms with Gasteiger partial charge in [-0.2, -0.15) is 0 Å². The number of thiophene rings is 1. The Bertz CT molecular complexity index is 477. The molecule has 1 aromatic heterocycles. The van der Waals surface area contributed by atoms with Gasteiger partial charge in [0.1, 0.15) is 6.54 Å². The van der Waals surface area contributed by atoms with E-state index in [-0.39, 0.29) is 18.0 Å². The molecule has 0 aliphatic carbocycles. The van der Waals surface area contributed by atoms with Crippen molar-refractivity contribution in [3.8, 4) is 0 Å². The molecule has 0 atom stereocenters. The first-order valence-electron chi connectivity index (χ1n) is 7.64. The first-order valence-corrected chi connectivity index (χ1v) is 8.52. The van der Waals surface area contributed by atoms with Gasteiger partial charge in [0.15, 0.2) is 5.96 Å². The molecular weight excluding hydrogens is 296 g/mol. The molecule has 0 aromatic carbocycles. The average molecular weight is 324 g/mol. The number of amides is 1. The van der Waals surface area contributed by atoms with Gasteiger partial charge in [-0.05, 0) is 45.6 Å². The summed E-state index contributed by atoms with van der Waals surface area (Å²) in [6.45, 7) is 9.71. The number of carbonyl (C=O) groups is 1. The summed E-state index contributed by atoms with van der Waals surface area (Å²) < 4.78 is 0. The maximum absolute atomic E-state index is 11.9. The monoisotopic (exact) mass is 324 g/mol. The number of aliphatic imine (C=N–C) groups is 1. The molecule has 0 fully saturated rings. The Balaban J connectivity index is 2.54. The first kappa shape index (κ1) is 18.5. The predicted octanol–water partition coefficient (Wildman–Crippen LogP) is 2.10. The molecule has 1 rings (SSSR count). The molecule has 0 unspecified atom stereocenters. The van der Waals surface area contributed by atoms with Crippen molar-refractivity contribution >= 4 is 23.2 Å². The number of likely N-dealkylation sites (N-methyl/N-ethyl adjacent to an activating group) is 1. The minimum absolute atomic E-state index is 0.0606. The molecule has 6 heteroatoms. The zero-order valence-electron chi connectivity index (χ0n) is 14.3. The van der Waals surface area contributed by atoms with Crippen molar-refractivity contribution in [2.45, 2.75) is 39.7 Å². The van der Waals surface area contributed by atoms with Crippen LogP contribution in [0.4, 0.5) is 0 Å². The molecule has 5 nitrogen and oxygen atoms in total. The van der Waals surface area contributed by atoms with Crippen molar-refractivity contribution in [1.82, 2.24) is 15.5 Å². The lowest BCUT2D eigenvalue weighted by atomic mass is 10.1. The molecule has 0 saturated carbocycles. The van der Waals surface area contributed by atoms with Crippen LogP contribution in [0.15, 0.2) is 22.5 Å². The number of nitrogens with one attached hydrogen (secondary N) is 2. The normalized spacial score (nSPS) is 12.1. The predicted molar refractivity (Wildman–Crippen MR) is 94.5 cm³/mol. The second kappa shape index (κ2) is 8.78.